The number of hydrogen-bond donors (Lipinski definition) is 0. The molecule has 0 N–H and O–H groups in total. The van der Waals surface area contributed by atoms with Crippen molar-refractivity contribution in [2.24, 2.45) is 5.92 Å². The predicted molar refractivity (Wildman–Crippen MR) is 59.0 cm³/mol. The summed E-state index contributed by atoms with van der Waals surface area (Å²) in [4.78, 5) is 12.8. The molecule has 1 rings (SSSR count). The first-order valence-corrected chi connectivity index (χ1v) is 5.62. The third-order valence-corrected chi connectivity index (χ3v) is 3.32. The highest BCUT2D eigenvalue weighted by atomic mass is 32.1. The van der Waals surface area contributed by atoms with Crippen molar-refractivity contribution in [1.29, 1.82) is 0 Å². The summed E-state index contributed by atoms with van der Waals surface area (Å²) in [5.41, 5.74) is 1.09. The Bertz CT molecular complexity index is 304. The lowest BCUT2D eigenvalue weighted by molar-refractivity contribution is 0.0897. The van der Waals surface area contributed by atoms with Gasteiger partial charge in [0.25, 0.3) is 0 Å². The Hall–Kier alpha value is -0.670. The van der Waals surface area contributed by atoms with E-state index >= 15 is 0 Å². The van der Waals surface area contributed by atoms with Crippen molar-refractivity contribution in [3.05, 3.63) is 21.9 Å². The molecule has 1 unspecified atom stereocenters. The second kappa shape index (κ2) is 5.27. The molecule has 0 fully saturated rings. The van der Waals surface area contributed by atoms with Gasteiger partial charge in [0.2, 0.25) is 0 Å². The monoisotopic (exact) mass is 212 g/mol. The normalized spacial score (nSPS) is 12.8. The summed E-state index contributed by atoms with van der Waals surface area (Å²) >= 11 is 1.53. The molecule has 0 aromatic carbocycles. The van der Waals surface area contributed by atoms with Crippen molar-refractivity contribution in [2.45, 2.75) is 20.3 Å². The van der Waals surface area contributed by atoms with Gasteiger partial charge in [-0.25, -0.2) is 0 Å². The maximum atomic E-state index is 11.9. The average molecular weight is 212 g/mol. The summed E-state index contributed by atoms with van der Waals surface area (Å²) in [6.07, 6.45) is 0.798. The van der Waals surface area contributed by atoms with Gasteiger partial charge in [-0.1, -0.05) is 6.92 Å². The number of ketones is 1. The molecular formula is C11H16O2S. The molecule has 1 atom stereocenters. The van der Waals surface area contributed by atoms with E-state index in [1.807, 2.05) is 25.3 Å². The van der Waals surface area contributed by atoms with Crippen molar-refractivity contribution in [2.75, 3.05) is 13.7 Å². The number of hydrogen-bond acceptors (Lipinski definition) is 3. The maximum Gasteiger partial charge on any atom is 0.175 e. The van der Waals surface area contributed by atoms with Gasteiger partial charge < -0.3 is 4.74 Å². The summed E-state index contributed by atoms with van der Waals surface area (Å²) in [6, 6.07) is 1.99. The Morgan fingerprint density at radius 2 is 2.36 bits per heavy atom. The zero-order valence-corrected chi connectivity index (χ0v) is 9.69. The molecule has 0 spiro atoms. The highest BCUT2D eigenvalue weighted by Crippen LogP contribution is 2.21. The van der Waals surface area contributed by atoms with Crippen LogP contribution in [0.2, 0.25) is 0 Å². The molecule has 1 aromatic rings. The summed E-state index contributed by atoms with van der Waals surface area (Å²) in [6.45, 7) is 4.59. The first-order chi connectivity index (χ1) is 6.66. The summed E-state index contributed by atoms with van der Waals surface area (Å²) in [5.74, 6) is 0.307. The number of rotatable bonds is 5. The van der Waals surface area contributed by atoms with Crippen molar-refractivity contribution in [1.82, 2.24) is 0 Å². The lowest BCUT2D eigenvalue weighted by Crippen LogP contribution is -2.12. The number of ether oxygens (including phenoxy) is 1. The summed E-state index contributed by atoms with van der Waals surface area (Å²) < 4.78 is 4.96. The quantitative estimate of drug-likeness (QED) is 0.701. The van der Waals surface area contributed by atoms with Crippen LogP contribution in [-0.2, 0) is 4.74 Å². The third kappa shape index (κ3) is 2.66. The third-order valence-electron chi connectivity index (χ3n) is 2.29. The number of methoxy groups -OCH3 is 1. The van der Waals surface area contributed by atoms with Gasteiger partial charge in [0, 0.05) is 19.6 Å². The van der Waals surface area contributed by atoms with Crippen molar-refractivity contribution < 1.29 is 9.53 Å². The lowest BCUT2D eigenvalue weighted by atomic mass is 10.0. The molecule has 1 heterocycles. The van der Waals surface area contributed by atoms with Gasteiger partial charge in [0.15, 0.2) is 5.78 Å². The smallest absolute Gasteiger partial charge is 0.175 e. The van der Waals surface area contributed by atoms with Crippen LogP contribution >= 0.6 is 11.3 Å². The van der Waals surface area contributed by atoms with Crippen LogP contribution in [0.3, 0.4) is 0 Å². The number of aryl methyl sites for hydroxylation is 1. The molecule has 14 heavy (non-hydrogen) atoms. The molecule has 0 aliphatic heterocycles. The van der Waals surface area contributed by atoms with E-state index in [0.717, 1.165) is 16.9 Å². The van der Waals surface area contributed by atoms with Crippen LogP contribution in [0.1, 0.15) is 28.6 Å². The first-order valence-electron chi connectivity index (χ1n) is 4.74. The molecule has 0 aliphatic rings. The fourth-order valence-electron chi connectivity index (χ4n) is 1.27. The highest BCUT2D eigenvalue weighted by Gasteiger charge is 2.17. The first kappa shape index (κ1) is 11.4. The van der Waals surface area contributed by atoms with E-state index in [9.17, 15) is 4.79 Å². The van der Waals surface area contributed by atoms with Crippen LogP contribution in [0, 0.1) is 12.8 Å². The molecule has 0 saturated heterocycles. The molecule has 2 nitrogen and oxygen atoms in total. The molecule has 0 saturated carbocycles. The lowest BCUT2D eigenvalue weighted by Gasteiger charge is -2.08. The zero-order valence-electron chi connectivity index (χ0n) is 8.87. The molecule has 0 amide bonds. The summed E-state index contributed by atoms with van der Waals surface area (Å²) in [7, 11) is 1.66. The van der Waals surface area contributed by atoms with Gasteiger partial charge in [0.1, 0.15) is 0 Å². The number of carbonyl (C=O) groups is 1. The van der Waals surface area contributed by atoms with Gasteiger partial charge >= 0.3 is 0 Å². The van der Waals surface area contributed by atoms with Crippen molar-refractivity contribution >= 4 is 17.1 Å². The number of carbonyl (C=O) groups excluding carboxylic acids is 1. The van der Waals surface area contributed by atoms with Crippen LogP contribution in [0.15, 0.2) is 11.4 Å². The predicted octanol–water partition coefficient (Wildman–Crippen LogP) is 2.91. The fraction of sp³-hybridized carbons (Fsp3) is 0.545. The standard InChI is InChI=1S/C11H16O2S/c1-8(4-6-13-3)10(12)11-9(2)5-7-14-11/h5,7-8H,4,6H2,1-3H3. The Balaban J connectivity index is 2.61. The van der Waals surface area contributed by atoms with E-state index in [0.29, 0.717) is 6.61 Å². The van der Waals surface area contributed by atoms with Crippen LogP contribution in [0.4, 0.5) is 0 Å². The highest BCUT2D eigenvalue weighted by molar-refractivity contribution is 7.12. The molecular weight excluding hydrogens is 196 g/mol. The van der Waals surface area contributed by atoms with Crippen molar-refractivity contribution in [3.8, 4) is 0 Å². The Kier molecular flexibility index (Phi) is 4.29. The van der Waals surface area contributed by atoms with Gasteiger partial charge in [0.05, 0.1) is 4.88 Å². The average Bonchev–Trinajstić information content (AvgIpc) is 2.59. The number of thiophene rings is 1. The van der Waals surface area contributed by atoms with Gasteiger partial charge in [-0.05, 0) is 30.4 Å². The second-order valence-electron chi connectivity index (χ2n) is 3.48. The molecule has 1 aromatic heterocycles. The van der Waals surface area contributed by atoms with E-state index in [2.05, 4.69) is 0 Å². The van der Waals surface area contributed by atoms with Crippen molar-refractivity contribution in [3.63, 3.8) is 0 Å². The molecule has 0 aliphatic carbocycles. The minimum atomic E-state index is 0.0623. The van der Waals surface area contributed by atoms with Gasteiger partial charge in [-0.3, -0.25) is 4.79 Å². The van der Waals surface area contributed by atoms with Crippen LogP contribution in [-0.4, -0.2) is 19.5 Å². The van der Waals surface area contributed by atoms with E-state index < -0.39 is 0 Å². The molecule has 0 bridgehead atoms. The minimum Gasteiger partial charge on any atom is -0.385 e. The molecule has 78 valence electrons. The number of Topliss-reactive ketones (excluding diaryl/α,β-unsaturated/α-hetero) is 1. The Labute approximate surface area is 88.9 Å². The van der Waals surface area contributed by atoms with Gasteiger partial charge in [-0.2, -0.15) is 0 Å². The molecule has 0 radical (unpaired) electrons. The maximum absolute atomic E-state index is 11.9. The van der Waals surface area contributed by atoms with Gasteiger partial charge in [-0.15, -0.1) is 11.3 Å². The summed E-state index contributed by atoms with van der Waals surface area (Å²) in [5, 5.41) is 1.96. The topological polar surface area (TPSA) is 26.3 Å². The van der Waals surface area contributed by atoms with E-state index in [4.69, 9.17) is 4.74 Å². The zero-order chi connectivity index (χ0) is 10.6. The van der Waals surface area contributed by atoms with Crippen LogP contribution < -0.4 is 0 Å². The van der Waals surface area contributed by atoms with E-state index in [1.54, 1.807) is 7.11 Å². The minimum absolute atomic E-state index is 0.0623. The Morgan fingerprint density at radius 3 is 2.86 bits per heavy atom. The van der Waals surface area contributed by atoms with Crippen LogP contribution in [0.5, 0.6) is 0 Å². The second-order valence-corrected chi connectivity index (χ2v) is 4.40. The SMILES string of the molecule is COCCC(C)C(=O)c1sccc1C. The Morgan fingerprint density at radius 1 is 1.64 bits per heavy atom. The molecule has 3 heteroatoms. The van der Waals surface area contributed by atoms with Crippen LogP contribution in [0.25, 0.3) is 0 Å². The van der Waals surface area contributed by atoms with E-state index in [1.165, 1.54) is 11.3 Å². The largest absolute Gasteiger partial charge is 0.385 e. The van der Waals surface area contributed by atoms with E-state index in [-0.39, 0.29) is 11.7 Å². The fourth-order valence-corrected chi connectivity index (χ4v) is 2.25.